The number of aliphatic hydroxyl groups is 3. The Balaban J connectivity index is 2.57. The summed E-state index contributed by atoms with van der Waals surface area (Å²) in [6.45, 7) is 0.127. The molecule has 15 heavy (non-hydrogen) atoms. The molecule has 7 N–H and O–H groups in total. The monoisotopic (exact) mass is 222 g/mol. The van der Waals surface area contributed by atoms with Crippen molar-refractivity contribution in [3.05, 3.63) is 0 Å². The van der Waals surface area contributed by atoms with Crippen LogP contribution in [-0.4, -0.2) is 65.7 Å². The molecule has 5 atom stereocenters. The van der Waals surface area contributed by atoms with Gasteiger partial charge in [0.25, 0.3) is 0 Å². The van der Waals surface area contributed by atoms with Gasteiger partial charge in [-0.3, -0.25) is 0 Å². The Hall–Kier alpha value is -0.280. The summed E-state index contributed by atoms with van der Waals surface area (Å²) in [6.07, 6.45) is -4.13. The molecule has 90 valence electrons. The van der Waals surface area contributed by atoms with Crippen LogP contribution >= 0.6 is 0 Å². The Kier molecular flexibility index (Phi) is 4.87. The maximum Gasteiger partial charge on any atom is 0.175 e. The van der Waals surface area contributed by atoms with E-state index in [0.29, 0.717) is 6.54 Å². The minimum absolute atomic E-state index is 0.235. The van der Waals surface area contributed by atoms with Gasteiger partial charge in [-0.25, -0.2) is 0 Å². The Morgan fingerprint density at radius 3 is 2.47 bits per heavy atom. The van der Waals surface area contributed by atoms with Gasteiger partial charge in [0, 0.05) is 6.54 Å². The van der Waals surface area contributed by atoms with Crippen molar-refractivity contribution >= 4 is 0 Å². The van der Waals surface area contributed by atoms with Crippen LogP contribution in [0.4, 0.5) is 0 Å². The van der Waals surface area contributed by atoms with Gasteiger partial charge in [-0.05, 0) is 0 Å². The molecule has 0 aromatic heterocycles. The quantitative estimate of drug-likeness (QED) is 0.337. The highest BCUT2D eigenvalue weighted by Gasteiger charge is 2.42. The molecule has 7 nitrogen and oxygen atoms in total. The summed E-state index contributed by atoms with van der Waals surface area (Å²) in [4.78, 5) is 0. The normalized spacial score (nSPS) is 41.8. The molecular formula is C8H18N2O5. The first-order chi connectivity index (χ1) is 7.11. The van der Waals surface area contributed by atoms with Crippen LogP contribution in [-0.2, 0) is 9.47 Å². The minimum Gasteiger partial charge on any atom is -0.394 e. The zero-order valence-corrected chi connectivity index (χ0v) is 8.32. The fourth-order valence-corrected chi connectivity index (χ4v) is 1.44. The maximum absolute atomic E-state index is 9.54. The number of aliphatic hydroxyl groups excluding tert-OH is 3. The van der Waals surface area contributed by atoms with E-state index >= 15 is 0 Å². The van der Waals surface area contributed by atoms with E-state index in [1.54, 1.807) is 0 Å². The van der Waals surface area contributed by atoms with E-state index in [1.165, 1.54) is 0 Å². The molecular weight excluding hydrogens is 204 g/mol. The van der Waals surface area contributed by atoms with Crippen LogP contribution in [0.2, 0.25) is 0 Å². The Bertz CT molecular complexity index is 192. The molecule has 5 unspecified atom stereocenters. The van der Waals surface area contributed by atoms with E-state index in [4.69, 9.17) is 26.0 Å². The number of nitrogens with two attached hydrogens (primary N) is 2. The van der Waals surface area contributed by atoms with Crippen molar-refractivity contribution in [2.75, 3.05) is 19.8 Å². The molecule has 0 bridgehead atoms. The van der Waals surface area contributed by atoms with Crippen molar-refractivity contribution in [1.82, 2.24) is 0 Å². The Morgan fingerprint density at radius 2 is 1.93 bits per heavy atom. The molecule has 1 saturated heterocycles. The number of hydrogen-bond donors (Lipinski definition) is 5. The third kappa shape index (κ3) is 2.85. The average molecular weight is 222 g/mol. The standard InChI is InChI=1S/C8H18N2O5/c9-1-2-14-8-5(10)7(13)6(12)4(3-11)15-8/h4-8,11-13H,1-3,9-10H2. The van der Waals surface area contributed by atoms with E-state index in [-0.39, 0.29) is 6.61 Å². The molecule has 0 spiro atoms. The second-order valence-electron chi connectivity index (χ2n) is 3.44. The van der Waals surface area contributed by atoms with Gasteiger partial charge in [0.1, 0.15) is 18.3 Å². The third-order valence-corrected chi connectivity index (χ3v) is 2.33. The molecule has 0 saturated carbocycles. The summed E-state index contributed by atoms with van der Waals surface area (Å²) in [5, 5.41) is 27.9. The van der Waals surface area contributed by atoms with Crippen LogP contribution in [0.5, 0.6) is 0 Å². The lowest BCUT2D eigenvalue weighted by Gasteiger charge is -2.40. The lowest BCUT2D eigenvalue weighted by atomic mass is 9.98. The van der Waals surface area contributed by atoms with Crippen LogP contribution in [0.3, 0.4) is 0 Å². The second kappa shape index (κ2) is 5.71. The first-order valence-corrected chi connectivity index (χ1v) is 4.81. The molecule has 0 aromatic carbocycles. The van der Waals surface area contributed by atoms with E-state index in [9.17, 15) is 10.2 Å². The molecule has 1 heterocycles. The van der Waals surface area contributed by atoms with Crippen molar-refractivity contribution in [1.29, 1.82) is 0 Å². The van der Waals surface area contributed by atoms with Crippen LogP contribution in [0, 0.1) is 0 Å². The highest BCUT2D eigenvalue weighted by atomic mass is 16.7. The molecule has 0 radical (unpaired) electrons. The Labute approximate surface area is 87.6 Å². The molecule has 0 amide bonds. The van der Waals surface area contributed by atoms with Crippen LogP contribution < -0.4 is 11.5 Å². The smallest absolute Gasteiger partial charge is 0.175 e. The number of rotatable bonds is 4. The largest absolute Gasteiger partial charge is 0.394 e. The van der Waals surface area contributed by atoms with Crippen LogP contribution in [0.1, 0.15) is 0 Å². The summed E-state index contributed by atoms with van der Waals surface area (Å²) in [6, 6.07) is -0.852. The van der Waals surface area contributed by atoms with Gasteiger partial charge < -0.3 is 36.3 Å². The van der Waals surface area contributed by atoms with Gasteiger partial charge in [-0.2, -0.15) is 0 Å². The van der Waals surface area contributed by atoms with Gasteiger partial charge >= 0.3 is 0 Å². The molecule has 7 heteroatoms. The maximum atomic E-state index is 9.54. The Morgan fingerprint density at radius 1 is 1.27 bits per heavy atom. The number of ether oxygens (including phenoxy) is 2. The fourth-order valence-electron chi connectivity index (χ4n) is 1.44. The van der Waals surface area contributed by atoms with Gasteiger partial charge in [-0.1, -0.05) is 0 Å². The minimum atomic E-state index is -1.21. The zero-order chi connectivity index (χ0) is 11.4. The van der Waals surface area contributed by atoms with E-state index < -0.39 is 37.3 Å². The van der Waals surface area contributed by atoms with Crippen LogP contribution in [0.25, 0.3) is 0 Å². The van der Waals surface area contributed by atoms with Crippen molar-refractivity contribution in [3.63, 3.8) is 0 Å². The summed E-state index contributed by atoms with van der Waals surface area (Å²) < 4.78 is 10.3. The molecule has 1 rings (SSSR count). The summed E-state index contributed by atoms with van der Waals surface area (Å²) in [7, 11) is 0. The lowest BCUT2D eigenvalue weighted by Crippen LogP contribution is -2.62. The van der Waals surface area contributed by atoms with Gasteiger partial charge in [0.15, 0.2) is 6.29 Å². The SMILES string of the molecule is NCCOC1OC(CO)C(O)C(O)C1N. The fraction of sp³-hybridized carbons (Fsp3) is 1.00. The highest BCUT2D eigenvalue weighted by molar-refractivity contribution is 4.91. The topological polar surface area (TPSA) is 131 Å². The van der Waals surface area contributed by atoms with E-state index in [1.807, 2.05) is 0 Å². The summed E-state index contributed by atoms with van der Waals surface area (Å²) in [5.41, 5.74) is 10.8. The van der Waals surface area contributed by atoms with Crippen molar-refractivity contribution in [2.24, 2.45) is 11.5 Å². The number of hydrogen-bond acceptors (Lipinski definition) is 7. The molecule has 0 aromatic rings. The zero-order valence-electron chi connectivity index (χ0n) is 8.32. The first kappa shape index (κ1) is 12.8. The van der Waals surface area contributed by atoms with Crippen molar-refractivity contribution in [3.8, 4) is 0 Å². The van der Waals surface area contributed by atoms with Gasteiger partial charge in [0.05, 0.1) is 19.3 Å². The predicted molar refractivity (Wildman–Crippen MR) is 50.7 cm³/mol. The van der Waals surface area contributed by atoms with Crippen LogP contribution in [0.15, 0.2) is 0 Å². The highest BCUT2D eigenvalue weighted by Crippen LogP contribution is 2.20. The van der Waals surface area contributed by atoms with Crippen molar-refractivity contribution < 1.29 is 24.8 Å². The van der Waals surface area contributed by atoms with E-state index in [0.717, 1.165) is 0 Å². The molecule has 0 aliphatic carbocycles. The second-order valence-corrected chi connectivity index (χ2v) is 3.44. The molecule has 1 fully saturated rings. The predicted octanol–water partition coefficient (Wildman–Crippen LogP) is -3.27. The third-order valence-electron chi connectivity index (χ3n) is 2.33. The van der Waals surface area contributed by atoms with E-state index in [2.05, 4.69) is 0 Å². The van der Waals surface area contributed by atoms with Gasteiger partial charge in [0.2, 0.25) is 0 Å². The first-order valence-electron chi connectivity index (χ1n) is 4.81. The molecule has 1 aliphatic heterocycles. The average Bonchev–Trinajstić information content (AvgIpc) is 2.25. The van der Waals surface area contributed by atoms with Crippen molar-refractivity contribution in [2.45, 2.75) is 30.6 Å². The van der Waals surface area contributed by atoms with Gasteiger partial charge in [-0.15, -0.1) is 0 Å². The lowest BCUT2D eigenvalue weighted by molar-refractivity contribution is -0.264. The summed E-state index contributed by atoms with van der Waals surface area (Å²) in [5.74, 6) is 0. The summed E-state index contributed by atoms with van der Waals surface area (Å²) >= 11 is 0. The molecule has 1 aliphatic rings.